The number of piperidine rings is 1. The molecule has 28 heavy (non-hydrogen) atoms. The van der Waals surface area contributed by atoms with Gasteiger partial charge in [0.1, 0.15) is 6.04 Å². The molecule has 0 bridgehead atoms. The molecule has 0 radical (unpaired) electrons. The molecule has 7 nitrogen and oxygen atoms in total. The highest BCUT2D eigenvalue weighted by atomic mass is 32.2. The summed E-state index contributed by atoms with van der Waals surface area (Å²) in [5.74, 6) is 0.656. The molecule has 3 rings (SSSR count). The highest BCUT2D eigenvalue weighted by molar-refractivity contribution is 7.98. The van der Waals surface area contributed by atoms with Crippen LogP contribution in [0.15, 0.2) is 35.2 Å². The molecule has 0 spiro atoms. The van der Waals surface area contributed by atoms with Gasteiger partial charge in [-0.15, -0.1) is 0 Å². The largest absolute Gasteiger partial charge is 0.350 e. The van der Waals surface area contributed by atoms with Crippen LogP contribution >= 0.6 is 11.8 Å². The van der Waals surface area contributed by atoms with Gasteiger partial charge in [0, 0.05) is 19.0 Å². The van der Waals surface area contributed by atoms with E-state index >= 15 is 0 Å². The molecule has 1 amide bonds. The molecule has 1 aromatic rings. The van der Waals surface area contributed by atoms with E-state index in [1.807, 2.05) is 6.26 Å². The SMILES string of the molecule is CSCCC(NS(=O)(=O)c1ccccc1)C(=O)N1CCCC(C2OCCO2)C1. The third-order valence-corrected chi connectivity index (χ3v) is 7.19. The maximum absolute atomic E-state index is 13.2. The number of nitrogens with one attached hydrogen (secondary N) is 1. The minimum atomic E-state index is -3.76. The zero-order chi connectivity index (χ0) is 20.0. The second-order valence-electron chi connectivity index (χ2n) is 7.06. The van der Waals surface area contributed by atoms with Crippen molar-refractivity contribution in [1.82, 2.24) is 9.62 Å². The molecule has 2 atom stereocenters. The highest BCUT2D eigenvalue weighted by Gasteiger charge is 2.36. The molecule has 0 saturated carbocycles. The first kappa shape index (κ1) is 21.6. The lowest BCUT2D eigenvalue weighted by Gasteiger charge is -2.36. The fourth-order valence-corrected chi connectivity index (χ4v) is 5.34. The van der Waals surface area contributed by atoms with Crippen LogP contribution in [0.25, 0.3) is 0 Å². The summed E-state index contributed by atoms with van der Waals surface area (Å²) in [6.07, 6.45) is 3.93. The number of hydrogen-bond donors (Lipinski definition) is 1. The van der Waals surface area contributed by atoms with Gasteiger partial charge in [-0.1, -0.05) is 18.2 Å². The van der Waals surface area contributed by atoms with Crippen LogP contribution in [0.1, 0.15) is 19.3 Å². The number of sulfonamides is 1. The Morgan fingerprint density at radius 3 is 2.68 bits per heavy atom. The summed E-state index contributed by atoms with van der Waals surface area (Å²) in [5, 5.41) is 0. The topological polar surface area (TPSA) is 84.9 Å². The quantitative estimate of drug-likeness (QED) is 0.678. The van der Waals surface area contributed by atoms with E-state index in [1.54, 1.807) is 34.9 Å². The van der Waals surface area contributed by atoms with Crippen molar-refractivity contribution >= 4 is 27.7 Å². The van der Waals surface area contributed by atoms with Gasteiger partial charge in [-0.25, -0.2) is 8.42 Å². The fourth-order valence-electron chi connectivity index (χ4n) is 3.62. The van der Waals surface area contributed by atoms with Crippen molar-refractivity contribution in [2.24, 2.45) is 5.92 Å². The Bertz CT molecular complexity index is 738. The van der Waals surface area contributed by atoms with Crippen LogP contribution < -0.4 is 4.72 Å². The van der Waals surface area contributed by atoms with Gasteiger partial charge in [0.2, 0.25) is 15.9 Å². The molecule has 2 fully saturated rings. The maximum atomic E-state index is 13.2. The summed E-state index contributed by atoms with van der Waals surface area (Å²) in [7, 11) is -3.76. The van der Waals surface area contributed by atoms with Crippen molar-refractivity contribution in [2.45, 2.75) is 36.5 Å². The van der Waals surface area contributed by atoms with Crippen molar-refractivity contribution in [3.63, 3.8) is 0 Å². The number of benzene rings is 1. The number of nitrogens with zero attached hydrogens (tertiary/aromatic N) is 1. The summed E-state index contributed by atoms with van der Waals surface area (Å²) in [4.78, 5) is 15.1. The first-order valence-electron chi connectivity index (χ1n) is 9.59. The van der Waals surface area contributed by atoms with Crippen molar-refractivity contribution in [1.29, 1.82) is 0 Å². The lowest BCUT2D eigenvalue weighted by Crippen LogP contribution is -2.52. The van der Waals surface area contributed by atoms with Crippen molar-refractivity contribution < 1.29 is 22.7 Å². The molecular weight excluding hydrogens is 400 g/mol. The minimum Gasteiger partial charge on any atom is -0.350 e. The molecule has 0 aromatic heterocycles. The predicted molar refractivity (Wildman–Crippen MR) is 109 cm³/mol. The van der Waals surface area contributed by atoms with E-state index in [0.29, 0.717) is 38.5 Å². The number of likely N-dealkylation sites (tertiary alicyclic amines) is 1. The Kier molecular flexibility index (Phi) is 7.76. The standard InChI is InChI=1S/C19H28N2O5S2/c1-27-13-9-17(20-28(23,24)16-7-3-2-4-8-16)18(22)21-10-5-6-15(14-21)19-25-11-12-26-19/h2-4,7-8,15,17,19-20H,5-6,9-14H2,1H3. The van der Waals surface area contributed by atoms with Gasteiger partial charge < -0.3 is 14.4 Å². The molecule has 0 aliphatic carbocycles. The van der Waals surface area contributed by atoms with Crippen LogP contribution in [0.4, 0.5) is 0 Å². The average Bonchev–Trinajstić information content (AvgIpc) is 3.26. The number of hydrogen-bond acceptors (Lipinski definition) is 6. The molecule has 2 aliphatic rings. The van der Waals surface area contributed by atoms with Gasteiger partial charge in [-0.2, -0.15) is 16.5 Å². The molecule has 156 valence electrons. The third-order valence-electron chi connectivity index (χ3n) is 5.06. The second kappa shape index (κ2) is 10.1. The van der Waals surface area contributed by atoms with E-state index in [4.69, 9.17) is 9.47 Å². The van der Waals surface area contributed by atoms with Crippen LogP contribution in [-0.2, 0) is 24.3 Å². The molecular formula is C19H28N2O5S2. The van der Waals surface area contributed by atoms with E-state index in [9.17, 15) is 13.2 Å². The van der Waals surface area contributed by atoms with Gasteiger partial charge >= 0.3 is 0 Å². The van der Waals surface area contributed by atoms with Gasteiger partial charge in [0.15, 0.2) is 6.29 Å². The zero-order valence-electron chi connectivity index (χ0n) is 16.1. The van der Waals surface area contributed by atoms with Crippen LogP contribution in [0.5, 0.6) is 0 Å². The van der Waals surface area contributed by atoms with Crippen LogP contribution in [0, 0.1) is 5.92 Å². The van der Waals surface area contributed by atoms with Gasteiger partial charge in [-0.3, -0.25) is 4.79 Å². The molecule has 2 aliphatic heterocycles. The molecule has 2 saturated heterocycles. The molecule has 2 heterocycles. The number of ether oxygens (including phenoxy) is 2. The van der Waals surface area contributed by atoms with E-state index in [1.165, 1.54) is 12.1 Å². The van der Waals surface area contributed by atoms with E-state index < -0.39 is 16.1 Å². The maximum Gasteiger partial charge on any atom is 0.241 e. The monoisotopic (exact) mass is 428 g/mol. The first-order chi connectivity index (χ1) is 13.5. The van der Waals surface area contributed by atoms with Gasteiger partial charge in [0.25, 0.3) is 0 Å². The second-order valence-corrected chi connectivity index (χ2v) is 9.76. The van der Waals surface area contributed by atoms with E-state index in [2.05, 4.69) is 4.72 Å². The lowest BCUT2D eigenvalue weighted by atomic mass is 9.96. The zero-order valence-corrected chi connectivity index (χ0v) is 17.7. The van der Waals surface area contributed by atoms with Crippen molar-refractivity contribution in [3.8, 4) is 0 Å². The molecule has 9 heteroatoms. The fraction of sp³-hybridized carbons (Fsp3) is 0.632. The van der Waals surface area contributed by atoms with Crippen LogP contribution in [0.3, 0.4) is 0 Å². The van der Waals surface area contributed by atoms with Crippen molar-refractivity contribution in [3.05, 3.63) is 30.3 Å². The summed E-state index contributed by atoms with van der Waals surface area (Å²) in [6.45, 7) is 2.34. The lowest BCUT2D eigenvalue weighted by molar-refractivity contribution is -0.141. The normalized spacial score (nSPS) is 22.3. The van der Waals surface area contributed by atoms with Crippen LogP contribution in [0.2, 0.25) is 0 Å². The summed E-state index contributed by atoms with van der Waals surface area (Å²) in [5.41, 5.74) is 0. The smallest absolute Gasteiger partial charge is 0.241 e. The minimum absolute atomic E-state index is 0.132. The Morgan fingerprint density at radius 1 is 1.29 bits per heavy atom. The Hall–Kier alpha value is -1.13. The van der Waals surface area contributed by atoms with E-state index in [-0.39, 0.29) is 23.0 Å². The average molecular weight is 429 g/mol. The summed E-state index contributed by atoms with van der Waals surface area (Å²) < 4.78 is 39.3. The Balaban J connectivity index is 1.70. The van der Waals surface area contributed by atoms with Gasteiger partial charge in [-0.05, 0) is 43.4 Å². The molecule has 1 aromatic carbocycles. The Labute approximate surface area is 171 Å². The number of carbonyl (C=O) groups excluding carboxylic acids is 1. The van der Waals surface area contributed by atoms with Crippen LogP contribution in [-0.4, -0.2) is 69.9 Å². The third kappa shape index (κ3) is 5.48. The molecule has 1 N–H and O–H groups in total. The Morgan fingerprint density at radius 2 is 2.00 bits per heavy atom. The highest BCUT2D eigenvalue weighted by Crippen LogP contribution is 2.25. The van der Waals surface area contributed by atoms with Gasteiger partial charge in [0.05, 0.1) is 18.1 Å². The summed E-state index contributed by atoms with van der Waals surface area (Å²) in [6, 6.07) is 7.39. The van der Waals surface area contributed by atoms with E-state index in [0.717, 1.165) is 12.8 Å². The number of thioether (sulfide) groups is 1. The number of rotatable bonds is 8. The summed E-state index contributed by atoms with van der Waals surface area (Å²) >= 11 is 1.59. The van der Waals surface area contributed by atoms with Crippen molar-refractivity contribution in [2.75, 3.05) is 38.3 Å². The first-order valence-corrected chi connectivity index (χ1v) is 12.5. The molecule has 2 unspecified atom stereocenters. The number of amides is 1. The predicted octanol–water partition coefficient (Wildman–Crippen LogP) is 1.70. The number of carbonyl (C=O) groups is 1.